The fourth-order valence-corrected chi connectivity index (χ4v) is 2.83. The molecule has 3 rings (SSSR count). The SMILES string of the molecule is O=C(c1ccc(Cl)c(F)c1)C1CCCc2cccnc21. The number of rotatable bonds is 2. The van der Waals surface area contributed by atoms with E-state index in [1.54, 1.807) is 12.3 Å². The maximum Gasteiger partial charge on any atom is 0.172 e. The fourth-order valence-electron chi connectivity index (χ4n) is 2.72. The van der Waals surface area contributed by atoms with Crippen molar-refractivity contribution in [3.05, 3.63) is 64.2 Å². The molecular formula is C16H13ClFNO. The highest BCUT2D eigenvalue weighted by Gasteiger charge is 2.28. The number of hydrogen-bond acceptors (Lipinski definition) is 2. The molecule has 0 radical (unpaired) electrons. The molecule has 1 aliphatic carbocycles. The Morgan fingerprint density at radius 3 is 3.00 bits per heavy atom. The molecule has 2 aromatic rings. The van der Waals surface area contributed by atoms with Gasteiger partial charge in [-0.15, -0.1) is 0 Å². The molecule has 0 saturated heterocycles. The Labute approximate surface area is 121 Å². The number of aromatic nitrogens is 1. The Balaban J connectivity index is 1.97. The van der Waals surface area contributed by atoms with E-state index in [4.69, 9.17) is 11.6 Å². The van der Waals surface area contributed by atoms with E-state index in [0.29, 0.717) is 5.56 Å². The van der Waals surface area contributed by atoms with Gasteiger partial charge in [-0.05, 0) is 49.1 Å². The van der Waals surface area contributed by atoms with Crippen molar-refractivity contribution in [2.75, 3.05) is 0 Å². The minimum Gasteiger partial charge on any atom is -0.293 e. The predicted molar refractivity (Wildman–Crippen MR) is 75.7 cm³/mol. The van der Waals surface area contributed by atoms with Gasteiger partial charge in [0.1, 0.15) is 5.82 Å². The van der Waals surface area contributed by atoms with E-state index in [1.807, 2.05) is 12.1 Å². The number of pyridine rings is 1. The summed E-state index contributed by atoms with van der Waals surface area (Å²) < 4.78 is 13.5. The van der Waals surface area contributed by atoms with Crippen molar-refractivity contribution in [2.24, 2.45) is 0 Å². The summed E-state index contributed by atoms with van der Waals surface area (Å²) in [6.07, 6.45) is 4.35. The van der Waals surface area contributed by atoms with Gasteiger partial charge in [0.25, 0.3) is 0 Å². The number of ketones is 1. The van der Waals surface area contributed by atoms with Gasteiger partial charge in [-0.2, -0.15) is 0 Å². The van der Waals surface area contributed by atoms with Crippen molar-refractivity contribution < 1.29 is 9.18 Å². The first-order valence-electron chi connectivity index (χ1n) is 6.60. The first-order valence-corrected chi connectivity index (χ1v) is 6.97. The van der Waals surface area contributed by atoms with Crippen LogP contribution in [0.5, 0.6) is 0 Å². The number of carbonyl (C=O) groups is 1. The number of carbonyl (C=O) groups excluding carboxylic acids is 1. The smallest absolute Gasteiger partial charge is 0.172 e. The van der Waals surface area contributed by atoms with Crippen molar-refractivity contribution in [1.29, 1.82) is 0 Å². The summed E-state index contributed by atoms with van der Waals surface area (Å²) in [6, 6.07) is 8.09. The Bertz CT molecular complexity index is 671. The van der Waals surface area contributed by atoms with Crippen molar-refractivity contribution in [1.82, 2.24) is 4.98 Å². The molecule has 0 amide bonds. The lowest BCUT2D eigenvalue weighted by Crippen LogP contribution is -2.20. The Kier molecular flexibility index (Phi) is 3.53. The first-order chi connectivity index (χ1) is 9.66. The van der Waals surface area contributed by atoms with Crippen LogP contribution in [0.15, 0.2) is 36.5 Å². The highest BCUT2D eigenvalue weighted by molar-refractivity contribution is 6.30. The molecule has 0 aliphatic heterocycles. The van der Waals surface area contributed by atoms with Crippen molar-refractivity contribution in [2.45, 2.75) is 25.2 Å². The topological polar surface area (TPSA) is 30.0 Å². The van der Waals surface area contributed by atoms with E-state index >= 15 is 0 Å². The molecule has 0 spiro atoms. The lowest BCUT2D eigenvalue weighted by molar-refractivity contribution is 0.0948. The third-order valence-corrected chi connectivity index (χ3v) is 4.02. The van der Waals surface area contributed by atoms with Crippen LogP contribution < -0.4 is 0 Å². The monoisotopic (exact) mass is 289 g/mol. The summed E-state index contributed by atoms with van der Waals surface area (Å²) in [5.41, 5.74) is 2.31. The average molecular weight is 290 g/mol. The third kappa shape index (κ3) is 2.34. The van der Waals surface area contributed by atoms with Crippen LogP contribution in [-0.2, 0) is 6.42 Å². The largest absolute Gasteiger partial charge is 0.293 e. The second kappa shape index (κ2) is 5.33. The second-order valence-electron chi connectivity index (χ2n) is 4.99. The number of hydrogen-bond donors (Lipinski definition) is 0. The van der Waals surface area contributed by atoms with Crippen molar-refractivity contribution >= 4 is 17.4 Å². The quantitative estimate of drug-likeness (QED) is 0.777. The van der Waals surface area contributed by atoms with Crippen LogP contribution in [0.4, 0.5) is 4.39 Å². The van der Waals surface area contributed by atoms with E-state index in [0.717, 1.165) is 30.5 Å². The summed E-state index contributed by atoms with van der Waals surface area (Å²) in [5.74, 6) is -0.921. The van der Waals surface area contributed by atoms with Crippen LogP contribution in [0.1, 0.15) is 40.4 Å². The van der Waals surface area contributed by atoms with Crippen LogP contribution in [0.2, 0.25) is 5.02 Å². The van der Waals surface area contributed by atoms with Crippen molar-refractivity contribution in [3.63, 3.8) is 0 Å². The summed E-state index contributed by atoms with van der Waals surface area (Å²) in [6.45, 7) is 0. The second-order valence-corrected chi connectivity index (χ2v) is 5.39. The lowest BCUT2D eigenvalue weighted by atomic mass is 9.82. The normalized spacial score (nSPS) is 17.6. The molecule has 20 heavy (non-hydrogen) atoms. The molecule has 0 saturated carbocycles. The molecule has 0 fully saturated rings. The lowest BCUT2D eigenvalue weighted by Gasteiger charge is -2.23. The van der Waals surface area contributed by atoms with Gasteiger partial charge in [0.2, 0.25) is 0 Å². The summed E-state index contributed by atoms with van der Waals surface area (Å²) in [4.78, 5) is 16.9. The molecular weight excluding hydrogens is 277 g/mol. The van der Waals surface area contributed by atoms with E-state index in [1.165, 1.54) is 12.1 Å². The van der Waals surface area contributed by atoms with Gasteiger partial charge < -0.3 is 0 Å². The minimum absolute atomic E-state index is 0.0312. The summed E-state index contributed by atoms with van der Waals surface area (Å²) in [5, 5.41) is 0.0312. The first kappa shape index (κ1) is 13.3. The van der Waals surface area contributed by atoms with Crippen LogP contribution in [0.25, 0.3) is 0 Å². The van der Waals surface area contributed by atoms with Gasteiger partial charge in [-0.3, -0.25) is 9.78 Å². The van der Waals surface area contributed by atoms with Crippen LogP contribution in [-0.4, -0.2) is 10.8 Å². The van der Waals surface area contributed by atoms with Crippen LogP contribution in [0.3, 0.4) is 0 Å². The van der Waals surface area contributed by atoms with Gasteiger partial charge in [-0.1, -0.05) is 17.7 Å². The van der Waals surface area contributed by atoms with Crippen LogP contribution >= 0.6 is 11.6 Å². The number of fused-ring (bicyclic) bond motifs is 1. The molecule has 2 nitrogen and oxygen atoms in total. The molecule has 0 N–H and O–H groups in total. The standard InChI is InChI=1S/C16H13ClFNO/c17-13-7-6-11(9-14(13)18)16(20)12-5-1-3-10-4-2-8-19-15(10)12/h2,4,6-9,12H,1,3,5H2. The summed E-state index contributed by atoms with van der Waals surface area (Å²) in [7, 11) is 0. The number of benzene rings is 1. The molecule has 1 atom stereocenters. The average Bonchev–Trinajstić information content (AvgIpc) is 2.49. The number of halogens is 2. The Morgan fingerprint density at radius 1 is 1.35 bits per heavy atom. The van der Waals surface area contributed by atoms with E-state index in [9.17, 15) is 9.18 Å². The predicted octanol–water partition coefficient (Wildman–Crippen LogP) is 4.18. The molecule has 1 aromatic heterocycles. The minimum atomic E-state index is -0.561. The van der Waals surface area contributed by atoms with Gasteiger partial charge >= 0.3 is 0 Å². The molecule has 1 unspecified atom stereocenters. The zero-order valence-electron chi connectivity index (χ0n) is 10.8. The van der Waals surface area contributed by atoms with E-state index < -0.39 is 5.82 Å². The summed E-state index contributed by atoms with van der Waals surface area (Å²) >= 11 is 5.65. The Hall–Kier alpha value is -1.74. The zero-order valence-corrected chi connectivity index (χ0v) is 11.5. The number of nitrogens with zero attached hydrogens (tertiary/aromatic N) is 1. The third-order valence-electron chi connectivity index (χ3n) is 3.72. The molecule has 1 aromatic carbocycles. The van der Waals surface area contributed by atoms with Gasteiger partial charge in [0, 0.05) is 11.8 Å². The van der Waals surface area contributed by atoms with E-state index in [-0.39, 0.29) is 16.7 Å². The van der Waals surface area contributed by atoms with Crippen LogP contribution in [0, 0.1) is 5.82 Å². The Morgan fingerprint density at radius 2 is 2.20 bits per heavy atom. The maximum absolute atomic E-state index is 13.5. The highest BCUT2D eigenvalue weighted by atomic mass is 35.5. The van der Waals surface area contributed by atoms with Gasteiger partial charge in [0.05, 0.1) is 16.6 Å². The zero-order chi connectivity index (χ0) is 14.1. The van der Waals surface area contributed by atoms with Gasteiger partial charge in [-0.25, -0.2) is 4.39 Å². The molecule has 1 heterocycles. The molecule has 0 bridgehead atoms. The maximum atomic E-state index is 13.5. The van der Waals surface area contributed by atoms with Crippen molar-refractivity contribution in [3.8, 4) is 0 Å². The van der Waals surface area contributed by atoms with Gasteiger partial charge in [0.15, 0.2) is 5.78 Å². The number of aryl methyl sites for hydroxylation is 1. The van der Waals surface area contributed by atoms with E-state index in [2.05, 4.69) is 4.98 Å². The molecule has 4 heteroatoms. The number of Topliss-reactive ketones (excluding diaryl/α,β-unsaturated/α-hetero) is 1. The molecule has 102 valence electrons. The highest BCUT2D eigenvalue weighted by Crippen LogP contribution is 2.33. The fraction of sp³-hybridized carbons (Fsp3) is 0.250. The molecule has 1 aliphatic rings.